The van der Waals surface area contributed by atoms with Crippen LogP contribution in [0.3, 0.4) is 0 Å². The Bertz CT molecular complexity index is 323. The van der Waals surface area contributed by atoms with E-state index in [0.717, 1.165) is 24.1 Å². The first-order valence-corrected chi connectivity index (χ1v) is 5.71. The van der Waals surface area contributed by atoms with E-state index in [1.165, 1.54) is 11.3 Å². The number of hydrogen-bond acceptors (Lipinski definition) is 2. The molecule has 3 heteroatoms. The molecule has 0 atom stereocenters. The van der Waals surface area contributed by atoms with Crippen LogP contribution in [-0.2, 0) is 11.2 Å². The molecule has 0 bridgehead atoms. The Morgan fingerprint density at radius 1 is 1.50 bits per heavy atom. The monoisotopic (exact) mass is 255 g/mol. The van der Waals surface area contributed by atoms with Gasteiger partial charge in [-0.15, -0.1) is 0 Å². The van der Waals surface area contributed by atoms with Crippen molar-refractivity contribution in [1.29, 1.82) is 0 Å². The zero-order valence-corrected chi connectivity index (χ0v) is 9.80. The summed E-state index contributed by atoms with van der Waals surface area (Å²) in [5.74, 6) is 0. The summed E-state index contributed by atoms with van der Waals surface area (Å²) in [6, 6.07) is 6.87. The highest BCUT2D eigenvalue weighted by atomic mass is 79.9. The van der Waals surface area contributed by atoms with Crippen LogP contribution in [0.25, 0.3) is 0 Å². The summed E-state index contributed by atoms with van der Waals surface area (Å²) in [5.41, 5.74) is 2.59. The number of halogens is 1. The number of anilines is 1. The highest BCUT2D eigenvalue weighted by Crippen LogP contribution is 2.23. The van der Waals surface area contributed by atoms with Crippen molar-refractivity contribution in [3.8, 4) is 0 Å². The number of nitrogens with one attached hydrogen (secondary N) is 1. The summed E-state index contributed by atoms with van der Waals surface area (Å²) in [5, 5.41) is 3.48. The average Bonchev–Trinajstić information content (AvgIpc) is 2.13. The van der Waals surface area contributed by atoms with Crippen LogP contribution in [0.2, 0.25) is 0 Å². The highest BCUT2D eigenvalue weighted by molar-refractivity contribution is 9.10. The molecule has 0 aromatic heterocycles. The lowest BCUT2D eigenvalue weighted by atomic mass is 10.1. The Balaban J connectivity index is 2.14. The molecule has 0 amide bonds. The van der Waals surface area contributed by atoms with Crippen molar-refractivity contribution in [2.24, 2.45) is 0 Å². The molecule has 1 saturated heterocycles. The van der Waals surface area contributed by atoms with Crippen LogP contribution in [0.15, 0.2) is 22.7 Å². The van der Waals surface area contributed by atoms with Crippen molar-refractivity contribution in [2.75, 3.05) is 18.5 Å². The molecule has 1 aromatic rings. The van der Waals surface area contributed by atoms with Gasteiger partial charge in [0, 0.05) is 10.2 Å². The van der Waals surface area contributed by atoms with Crippen molar-refractivity contribution in [2.45, 2.75) is 19.4 Å². The quantitative estimate of drug-likeness (QED) is 0.897. The summed E-state index contributed by atoms with van der Waals surface area (Å²) in [7, 11) is 0. The van der Waals surface area contributed by atoms with Crippen LogP contribution in [0.5, 0.6) is 0 Å². The first-order chi connectivity index (χ1) is 6.79. The first kappa shape index (κ1) is 9.99. The highest BCUT2D eigenvalue weighted by Gasteiger charge is 2.18. The van der Waals surface area contributed by atoms with Crippen LogP contribution >= 0.6 is 15.9 Å². The molecule has 1 aromatic carbocycles. The number of rotatable bonds is 3. The molecule has 14 heavy (non-hydrogen) atoms. The van der Waals surface area contributed by atoms with Gasteiger partial charge in [-0.3, -0.25) is 0 Å². The Labute approximate surface area is 92.8 Å². The van der Waals surface area contributed by atoms with E-state index in [1.54, 1.807) is 0 Å². The minimum absolute atomic E-state index is 0.501. The first-order valence-electron chi connectivity index (χ1n) is 4.92. The number of benzene rings is 1. The minimum Gasteiger partial charge on any atom is -0.377 e. The summed E-state index contributed by atoms with van der Waals surface area (Å²) in [4.78, 5) is 0. The van der Waals surface area contributed by atoms with Gasteiger partial charge in [0.1, 0.15) is 0 Å². The lowest BCUT2D eigenvalue weighted by Crippen LogP contribution is -2.40. The van der Waals surface area contributed by atoms with Crippen LogP contribution in [0.4, 0.5) is 5.69 Å². The van der Waals surface area contributed by atoms with Gasteiger partial charge in [0.15, 0.2) is 0 Å². The fraction of sp³-hybridized carbons (Fsp3) is 0.455. The van der Waals surface area contributed by atoms with E-state index in [9.17, 15) is 0 Å². The molecule has 0 spiro atoms. The third-order valence-electron chi connectivity index (χ3n) is 2.45. The topological polar surface area (TPSA) is 21.3 Å². The number of hydrogen-bond donors (Lipinski definition) is 1. The molecule has 76 valence electrons. The second-order valence-corrected chi connectivity index (χ2v) is 4.45. The fourth-order valence-electron chi connectivity index (χ4n) is 1.53. The molecule has 2 rings (SSSR count). The van der Waals surface area contributed by atoms with Gasteiger partial charge in [-0.25, -0.2) is 0 Å². The lowest BCUT2D eigenvalue weighted by Gasteiger charge is -2.28. The zero-order valence-electron chi connectivity index (χ0n) is 8.22. The maximum atomic E-state index is 5.13. The SMILES string of the molecule is CCc1cc(Br)ccc1NC1COC1. The van der Waals surface area contributed by atoms with Crippen LogP contribution in [-0.4, -0.2) is 19.3 Å². The second kappa shape index (κ2) is 4.32. The Hall–Kier alpha value is -0.540. The van der Waals surface area contributed by atoms with Gasteiger partial charge >= 0.3 is 0 Å². The molecule has 0 unspecified atom stereocenters. The van der Waals surface area contributed by atoms with E-state index in [2.05, 4.69) is 46.4 Å². The fourth-order valence-corrected chi connectivity index (χ4v) is 1.94. The van der Waals surface area contributed by atoms with Gasteiger partial charge in [0.25, 0.3) is 0 Å². The predicted molar refractivity (Wildman–Crippen MR) is 61.7 cm³/mol. The number of ether oxygens (including phenoxy) is 1. The number of aryl methyl sites for hydroxylation is 1. The summed E-state index contributed by atoms with van der Waals surface area (Å²) < 4.78 is 6.28. The van der Waals surface area contributed by atoms with Crippen LogP contribution < -0.4 is 5.32 Å². The molecule has 1 heterocycles. The molecule has 1 N–H and O–H groups in total. The van der Waals surface area contributed by atoms with Gasteiger partial charge in [-0.05, 0) is 30.2 Å². The van der Waals surface area contributed by atoms with Gasteiger partial charge < -0.3 is 10.1 Å². The minimum atomic E-state index is 0.501. The smallest absolute Gasteiger partial charge is 0.0728 e. The summed E-state index contributed by atoms with van der Waals surface area (Å²) >= 11 is 3.48. The molecule has 0 saturated carbocycles. The van der Waals surface area contributed by atoms with Crippen molar-refractivity contribution in [3.05, 3.63) is 28.2 Å². The van der Waals surface area contributed by atoms with Gasteiger partial charge in [0.2, 0.25) is 0 Å². The molecule has 1 aliphatic rings. The largest absolute Gasteiger partial charge is 0.377 e. The Kier molecular flexibility index (Phi) is 3.08. The van der Waals surface area contributed by atoms with Crippen molar-refractivity contribution in [3.63, 3.8) is 0 Å². The average molecular weight is 256 g/mol. The van der Waals surface area contributed by atoms with Gasteiger partial charge in [-0.2, -0.15) is 0 Å². The molecule has 1 aliphatic heterocycles. The maximum absolute atomic E-state index is 5.13. The molecule has 0 radical (unpaired) electrons. The maximum Gasteiger partial charge on any atom is 0.0728 e. The zero-order chi connectivity index (χ0) is 9.97. The van der Waals surface area contributed by atoms with E-state index >= 15 is 0 Å². The van der Waals surface area contributed by atoms with E-state index in [0.29, 0.717) is 6.04 Å². The molecule has 1 fully saturated rings. The third-order valence-corrected chi connectivity index (χ3v) is 2.94. The van der Waals surface area contributed by atoms with E-state index in [4.69, 9.17) is 4.74 Å². The third kappa shape index (κ3) is 2.10. The van der Waals surface area contributed by atoms with Crippen molar-refractivity contribution >= 4 is 21.6 Å². The van der Waals surface area contributed by atoms with Crippen molar-refractivity contribution in [1.82, 2.24) is 0 Å². The summed E-state index contributed by atoms with van der Waals surface area (Å²) in [6.07, 6.45) is 1.05. The van der Waals surface area contributed by atoms with Gasteiger partial charge in [-0.1, -0.05) is 22.9 Å². The molecular formula is C11H14BrNO. The Morgan fingerprint density at radius 2 is 2.29 bits per heavy atom. The molecule has 0 aliphatic carbocycles. The Morgan fingerprint density at radius 3 is 2.86 bits per heavy atom. The normalized spacial score (nSPS) is 16.4. The van der Waals surface area contributed by atoms with E-state index in [1.807, 2.05) is 0 Å². The molecule has 2 nitrogen and oxygen atoms in total. The van der Waals surface area contributed by atoms with E-state index < -0.39 is 0 Å². The predicted octanol–water partition coefficient (Wildman–Crippen LogP) is 2.82. The van der Waals surface area contributed by atoms with Crippen molar-refractivity contribution < 1.29 is 4.74 Å². The summed E-state index contributed by atoms with van der Waals surface area (Å²) in [6.45, 7) is 3.84. The lowest BCUT2D eigenvalue weighted by molar-refractivity contribution is 0.0211. The second-order valence-electron chi connectivity index (χ2n) is 3.53. The van der Waals surface area contributed by atoms with E-state index in [-0.39, 0.29) is 0 Å². The van der Waals surface area contributed by atoms with Crippen LogP contribution in [0.1, 0.15) is 12.5 Å². The van der Waals surface area contributed by atoms with Crippen LogP contribution in [0, 0.1) is 0 Å². The van der Waals surface area contributed by atoms with Gasteiger partial charge in [0.05, 0.1) is 19.3 Å². The standard InChI is InChI=1S/C11H14BrNO/c1-2-8-5-9(12)3-4-11(8)13-10-6-14-7-10/h3-5,10,13H,2,6-7H2,1H3. The molecular weight excluding hydrogens is 242 g/mol.